The van der Waals surface area contributed by atoms with Gasteiger partial charge in [0.05, 0.1) is 18.2 Å². The molecular weight excluding hydrogens is 549 g/mol. The Morgan fingerprint density at radius 2 is 0.833 bits per heavy atom. The fourth-order valence-electron chi connectivity index (χ4n) is 4.48. The number of rotatable bonds is 7. The summed E-state index contributed by atoms with van der Waals surface area (Å²) in [7, 11) is 0. The first kappa shape index (κ1) is 26.9. The van der Waals surface area contributed by atoms with E-state index < -0.39 is 0 Å². The maximum Gasteiger partial charge on any atom is 0.187 e. The van der Waals surface area contributed by atoms with Crippen molar-refractivity contribution in [1.29, 1.82) is 5.26 Å². The number of hydrogen-bond donors (Lipinski definition) is 0. The molecule has 0 radical (unpaired) electrons. The minimum Gasteiger partial charge on any atom is -0.238 e. The summed E-state index contributed by atoms with van der Waals surface area (Å²) in [4.78, 5) is 8.50. The molecule has 2 heterocycles. The lowest BCUT2D eigenvalue weighted by Crippen LogP contribution is -1.76. The van der Waals surface area contributed by atoms with Gasteiger partial charge in [0.1, 0.15) is 0 Å². The van der Waals surface area contributed by atoms with Gasteiger partial charge in [-0.3, -0.25) is 0 Å². The lowest BCUT2D eigenvalue weighted by atomic mass is 10.1. The predicted molar refractivity (Wildman–Crippen MR) is 180 cm³/mol. The van der Waals surface area contributed by atoms with Crippen molar-refractivity contribution in [2.24, 2.45) is 0 Å². The van der Waals surface area contributed by atoms with E-state index in [0.717, 1.165) is 22.3 Å². The van der Waals surface area contributed by atoms with Crippen molar-refractivity contribution in [2.75, 3.05) is 0 Å². The summed E-state index contributed by atoms with van der Waals surface area (Å²) in [6.45, 7) is 7.08. The van der Waals surface area contributed by atoms with Crippen LogP contribution in [0.25, 0.3) is 59.8 Å². The molecule has 42 heavy (non-hydrogen) atoms. The van der Waals surface area contributed by atoms with Gasteiger partial charge in [0, 0.05) is 19.5 Å². The van der Waals surface area contributed by atoms with Crippen molar-refractivity contribution in [3.8, 4) is 36.7 Å². The van der Waals surface area contributed by atoms with Crippen molar-refractivity contribution < 1.29 is 0 Å². The normalized spacial score (nSPS) is 11.1. The third-order valence-electron chi connectivity index (χ3n) is 6.84. The van der Waals surface area contributed by atoms with E-state index in [2.05, 4.69) is 108 Å². The first-order chi connectivity index (χ1) is 20.7. The van der Waals surface area contributed by atoms with Crippen LogP contribution in [0.3, 0.4) is 0 Å². The summed E-state index contributed by atoms with van der Waals surface area (Å²) >= 11 is 3.63. The smallest absolute Gasteiger partial charge is 0.187 e. The van der Waals surface area contributed by atoms with E-state index in [1.54, 1.807) is 0 Å². The molecule has 0 fully saturated rings. The van der Waals surface area contributed by atoms with Gasteiger partial charge in [0.25, 0.3) is 0 Å². The van der Waals surface area contributed by atoms with Crippen LogP contribution in [-0.4, -0.2) is 0 Å². The topological polar surface area (TPSA) is 28.1 Å². The van der Waals surface area contributed by atoms with E-state index in [4.69, 9.17) is 11.8 Å². The van der Waals surface area contributed by atoms with Crippen molar-refractivity contribution >= 4 is 52.7 Å². The third-order valence-corrected chi connectivity index (χ3v) is 9.31. The van der Waals surface area contributed by atoms with Gasteiger partial charge in [-0.05, 0) is 69.8 Å². The molecule has 0 aliphatic heterocycles. The molecule has 0 amide bonds. The highest BCUT2D eigenvalue weighted by Crippen LogP contribution is 2.40. The van der Waals surface area contributed by atoms with Gasteiger partial charge in [-0.2, -0.15) is 5.26 Å². The van der Waals surface area contributed by atoms with Crippen LogP contribution in [0.4, 0.5) is 5.69 Å². The summed E-state index contributed by atoms with van der Waals surface area (Å²) in [5, 5.41) is 8.96. The Morgan fingerprint density at radius 1 is 0.476 bits per heavy atom. The molecule has 0 saturated heterocycles. The maximum atomic E-state index is 8.96. The van der Waals surface area contributed by atoms with Gasteiger partial charge in [0.2, 0.25) is 0 Å². The van der Waals surface area contributed by atoms with Crippen LogP contribution >= 0.6 is 22.7 Å². The highest BCUT2D eigenvalue weighted by Gasteiger charge is 2.09. The zero-order valence-electron chi connectivity index (χ0n) is 22.6. The Kier molecular flexibility index (Phi) is 8.02. The van der Waals surface area contributed by atoms with Crippen molar-refractivity contribution in [3.05, 3.63) is 161 Å². The van der Waals surface area contributed by atoms with E-state index in [-0.39, 0.29) is 0 Å². The molecule has 0 bridgehead atoms. The Balaban J connectivity index is 1.10. The molecule has 2 aromatic heterocycles. The van der Waals surface area contributed by atoms with E-state index in [9.17, 15) is 0 Å². The molecule has 0 atom stereocenters. The largest absolute Gasteiger partial charge is 0.238 e. The molecule has 0 unspecified atom stereocenters. The van der Waals surface area contributed by atoms with Gasteiger partial charge >= 0.3 is 0 Å². The molecule has 4 heteroatoms. The number of benzene rings is 4. The van der Waals surface area contributed by atoms with Crippen LogP contribution in [0.15, 0.2) is 121 Å². The highest BCUT2D eigenvalue weighted by atomic mass is 32.1. The molecule has 6 aromatic rings. The number of nitriles is 1. The van der Waals surface area contributed by atoms with Gasteiger partial charge in [0.15, 0.2) is 5.69 Å². The first-order valence-electron chi connectivity index (χ1n) is 13.4. The Morgan fingerprint density at radius 3 is 1.21 bits per heavy atom. The van der Waals surface area contributed by atoms with Crippen LogP contribution in [0.2, 0.25) is 0 Å². The maximum absolute atomic E-state index is 8.96. The summed E-state index contributed by atoms with van der Waals surface area (Å²) in [5.41, 5.74) is 8.19. The van der Waals surface area contributed by atoms with Crippen molar-refractivity contribution in [1.82, 2.24) is 0 Å². The minimum absolute atomic E-state index is 0.658. The molecule has 4 aromatic carbocycles. The Labute approximate surface area is 254 Å². The molecule has 0 saturated carbocycles. The zero-order chi connectivity index (χ0) is 28.7. The SMILES string of the molecule is [C-]#[N+]c1ccc(C=Cc2ccc(-c3ccc(-c4ccc(-c5ccc(C=Cc6ccc(C#N)cc6)cc5)s4)s3)cc2)cc1. The van der Waals surface area contributed by atoms with Crippen LogP contribution in [0.5, 0.6) is 0 Å². The summed E-state index contributed by atoms with van der Waals surface area (Å²) in [6.07, 6.45) is 8.33. The van der Waals surface area contributed by atoms with Crippen LogP contribution < -0.4 is 0 Å². The van der Waals surface area contributed by atoms with Crippen LogP contribution in [0.1, 0.15) is 27.8 Å². The molecule has 2 nitrogen and oxygen atoms in total. The summed E-state index contributed by atoms with van der Waals surface area (Å²) < 4.78 is 0. The summed E-state index contributed by atoms with van der Waals surface area (Å²) in [6, 6.07) is 43.5. The van der Waals surface area contributed by atoms with Crippen molar-refractivity contribution in [2.45, 2.75) is 0 Å². The van der Waals surface area contributed by atoms with E-state index in [1.807, 2.05) is 71.2 Å². The molecule has 0 aliphatic rings. The molecule has 0 N–H and O–H groups in total. The molecular formula is C38H24N2S2. The van der Waals surface area contributed by atoms with E-state index in [0.29, 0.717) is 11.3 Å². The van der Waals surface area contributed by atoms with Crippen LogP contribution in [0, 0.1) is 17.9 Å². The second-order valence-corrected chi connectivity index (χ2v) is 11.8. The van der Waals surface area contributed by atoms with E-state index >= 15 is 0 Å². The molecule has 6 rings (SSSR count). The number of nitrogens with zero attached hydrogens (tertiary/aromatic N) is 2. The fourth-order valence-corrected chi connectivity index (χ4v) is 6.59. The third kappa shape index (κ3) is 6.38. The fraction of sp³-hybridized carbons (Fsp3) is 0. The quantitative estimate of drug-likeness (QED) is 0.138. The van der Waals surface area contributed by atoms with E-state index in [1.165, 1.54) is 30.6 Å². The minimum atomic E-state index is 0.658. The molecule has 0 aliphatic carbocycles. The second-order valence-electron chi connectivity index (χ2n) is 9.68. The standard InChI is InChI=1S/C38H24N2S2/c1-40-34-20-14-30(15-21-34)5-4-29-12-18-33(19-13-29)36-23-25-38(42-36)37-24-22-35(41-37)32-16-10-28(11-17-32)3-2-27-6-8-31(26-39)9-7-27/h2-25H. The van der Waals surface area contributed by atoms with Crippen LogP contribution in [-0.2, 0) is 0 Å². The molecule has 0 spiro atoms. The lowest BCUT2D eigenvalue weighted by molar-refractivity contribution is 1.48. The summed E-state index contributed by atoms with van der Waals surface area (Å²) in [5.74, 6) is 0. The highest BCUT2D eigenvalue weighted by molar-refractivity contribution is 7.25. The van der Waals surface area contributed by atoms with Gasteiger partial charge in [-0.1, -0.05) is 109 Å². The number of thiophene rings is 2. The Hall–Kier alpha value is -5.26. The monoisotopic (exact) mass is 572 g/mol. The van der Waals surface area contributed by atoms with Gasteiger partial charge < -0.3 is 0 Å². The average molecular weight is 573 g/mol. The molecule has 198 valence electrons. The Bertz CT molecular complexity index is 1810. The van der Waals surface area contributed by atoms with Gasteiger partial charge in [-0.25, -0.2) is 4.85 Å². The number of hydrogen-bond acceptors (Lipinski definition) is 3. The predicted octanol–water partition coefficient (Wildman–Crippen LogP) is 11.6. The van der Waals surface area contributed by atoms with Gasteiger partial charge in [-0.15, -0.1) is 22.7 Å². The zero-order valence-corrected chi connectivity index (χ0v) is 24.2. The lowest BCUT2D eigenvalue weighted by Gasteiger charge is -2.00. The second kappa shape index (κ2) is 12.5. The average Bonchev–Trinajstić information content (AvgIpc) is 3.75. The van der Waals surface area contributed by atoms with Crippen molar-refractivity contribution in [3.63, 3.8) is 0 Å². The first-order valence-corrected chi connectivity index (χ1v) is 15.0.